The molecule has 1 saturated heterocycles. The fraction of sp³-hybridized carbons (Fsp3) is 0.250. The van der Waals surface area contributed by atoms with Gasteiger partial charge in [0.05, 0.1) is 39.5 Å². The zero-order valence-electron chi connectivity index (χ0n) is 19.6. The highest BCUT2D eigenvalue weighted by molar-refractivity contribution is 7.92. The minimum absolute atomic E-state index is 0.0439. The van der Waals surface area contributed by atoms with Gasteiger partial charge < -0.3 is 14.4 Å². The van der Waals surface area contributed by atoms with Crippen molar-refractivity contribution in [3.8, 4) is 11.5 Å². The quantitative estimate of drug-likeness (QED) is 0.399. The van der Waals surface area contributed by atoms with Gasteiger partial charge in [0, 0.05) is 11.6 Å². The number of sulfonamides is 1. The predicted octanol–water partition coefficient (Wildman–Crippen LogP) is 4.12. The first-order valence-electron chi connectivity index (χ1n) is 10.7. The largest absolute Gasteiger partial charge is 0.497 e. The molecule has 0 radical (unpaired) electrons. The van der Waals surface area contributed by atoms with Gasteiger partial charge in [0.1, 0.15) is 27.2 Å². The molecule has 0 aliphatic carbocycles. The molecule has 0 bridgehead atoms. The van der Waals surface area contributed by atoms with E-state index in [0.29, 0.717) is 17.1 Å². The molecule has 1 aromatic heterocycles. The van der Waals surface area contributed by atoms with Gasteiger partial charge in [-0.3, -0.25) is 4.79 Å². The first-order chi connectivity index (χ1) is 17.1. The smallest absolute Gasteiger partial charge is 0.269 e. The van der Waals surface area contributed by atoms with Crippen LogP contribution in [0.4, 0.5) is 20.3 Å². The number of rotatable bonds is 8. The third-order valence-corrected chi connectivity index (χ3v) is 7.99. The molecule has 0 N–H and O–H groups in total. The normalized spacial score (nSPS) is 13.4. The molecule has 3 aromatic rings. The Morgan fingerprint density at radius 2 is 1.83 bits per heavy atom. The van der Waals surface area contributed by atoms with Gasteiger partial charge in [0.15, 0.2) is 11.6 Å². The molecular formula is C24H22ClF2N3O5S. The van der Waals surface area contributed by atoms with Crippen LogP contribution in [0.5, 0.6) is 11.5 Å². The Morgan fingerprint density at radius 3 is 2.44 bits per heavy atom. The third kappa shape index (κ3) is 4.68. The van der Waals surface area contributed by atoms with Crippen LogP contribution >= 0.6 is 11.6 Å². The van der Waals surface area contributed by atoms with E-state index in [0.717, 1.165) is 10.4 Å². The number of hydrogen-bond donors (Lipinski definition) is 0. The number of benzene rings is 2. The fourth-order valence-corrected chi connectivity index (χ4v) is 5.89. The van der Waals surface area contributed by atoms with Crippen molar-refractivity contribution in [2.75, 3.05) is 36.5 Å². The van der Waals surface area contributed by atoms with E-state index in [1.165, 1.54) is 39.3 Å². The van der Waals surface area contributed by atoms with Gasteiger partial charge in [-0.1, -0.05) is 17.7 Å². The van der Waals surface area contributed by atoms with Crippen LogP contribution in [-0.2, 0) is 21.4 Å². The molecule has 4 rings (SSSR count). The van der Waals surface area contributed by atoms with Crippen LogP contribution < -0.4 is 18.7 Å². The summed E-state index contributed by atoms with van der Waals surface area (Å²) in [6.07, 6.45) is 0. The van der Waals surface area contributed by atoms with Crippen molar-refractivity contribution in [2.45, 2.75) is 18.4 Å². The summed E-state index contributed by atoms with van der Waals surface area (Å²) in [5.74, 6) is -1.61. The van der Waals surface area contributed by atoms with E-state index in [4.69, 9.17) is 21.1 Å². The number of halogens is 3. The zero-order chi connectivity index (χ0) is 26.2. The van der Waals surface area contributed by atoms with Crippen LogP contribution in [-0.4, -0.2) is 46.5 Å². The Bertz CT molecular complexity index is 1440. The lowest BCUT2D eigenvalue weighted by Crippen LogP contribution is -2.47. The van der Waals surface area contributed by atoms with Gasteiger partial charge in [0.25, 0.3) is 10.0 Å². The molecule has 8 nitrogen and oxygen atoms in total. The predicted molar refractivity (Wildman–Crippen MR) is 130 cm³/mol. The first-order valence-corrected chi connectivity index (χ1v) is 12.5. The number of ketones is 1. The molecule has 0 atom stereocenters. The van der Waals surface area contributed by atoms with Crippen LogP contribution in [0.25, 0.3) is 0 Å². The second-order valence-corrected chi connectivity index (χ2v) is 10.2. The maximum Gasteiger partial charge on any atom is 0.269 e. The van der Waals surface area contributed by atoms with Crippen molar-refractivity contribution in [1.29, 1.82) is 0 Å². The molecule has 1 fully saturated rings. The SMILES string of the molecule is COc1ccc(CN(c2cccc(F)n2)S(=O)(=O)c2c(C)cc(N3CC(=O)C3)c(Cl)c2F)c(OC)c1. The minimum atomic E-state index is -4.66. The highest BCUT2D eigenvalue weighted by Crippen LogP contribution is 2.39. The number of anilines is 2. The standard InChI is InChI=1S/C24H22ClF2N3O5S/c1-14-9-18(29-12-16(31)13-29)22(25)23(27)24(14)36(32,33)30(21-6-4-5-20(26)28-21)11-15-7-8-17(34-2)10-19(15)35-3/h4-10H,11-13H2,1-3H3. The molecule has 36 heavy (non-hydrogen) atoms. The Morgan fingerprint density at radius 1 is 1.11 bits per heavy atom. The number of methoxy groups -OCH3 is 2. The molecule has 1 aliphatic rings. The Kier molecular flexibility index (Phi) is 7.05. The number of ether oxygens (including phenoxy) is 2. The van der Waals surface area contributed by atoms with E-state index in [1.54, 1.807) is 23.1 Å². The highest BCUT2D eigenvalue weighted by Gasteiger charge is 2.35. The summed E-state index contributed by atoms with van der Waals surface area (Å²) in [5, 5.41) is -0.430. The van der Waals surface area contributed by atoms with Crippen LogP contribution in [0.2, 0.25) is 5.02 Å². The highest BCUT2D eigenvalue weighted by atomic mass is 35.5. The summed E-state index contributed by atoms with van der Waals surface area (Å²) < 4.78 is 68.8. The van der Waals surface area contributed by atoms with E-state index in [2.05, 4.69) is 4.98 Å². The van der Waals surface area contributed by atoms with E-state index in [9.17, 15) is 17.6 Å². The van der Waals surface area contributed by atoms with Gasteiger partial charge in [-0.15, -0.1) is 0 Å². The van der Waals surface area contributed by atoms with E-state index < -0.39 is 31.7 Å². The molecule has 0 amide bonds. The van der Waals surface area contributed by atoms with Gasteiger partial charge in [0.2, 0.25) is 5.95 Å². The average molecular weight is 538 g/mol. The van der Waals surface area contributed by atoms with E-state index in [1.807, 2.05) is 0 Å². The van der Waals surface area contributed by atoms with Crippen molar-refractivity contribution < 1.29 is 31.5 Å². The van der Waals surface area contributed by atoms with Crippen molar-refractivity contribution in [2.24, 2.45) is 0 Å². The molecule has 2 heterocycles. The molecule has 190 valence electrons. The number of hydrogen-bond acceptors (Lipinski definition) is 7. The molecule has 2 aromatic carbocycles. The summed E-state index contributed by atoms with van der Waals surface area (Å²) in [6, 6.07) is 9.82. The van der Waals surface area contributed by atoms with Gasteiger partial charge in [-0.05, 0) is 42.8 Å². The molecule has 0 saturated carbocycles. The number of nitrogens with zero attached hydrogens (tertiary/aromatic N) is 3. The number of pyridine rings is 1. The minimum Gasteiger partial charge on any atom is -0.497 e. The van der Waals surface area contributed by atoms with Crippen molar-refractivity contribution in [3.05, 3.63) is 70.4 Å². The number of Topliss-reactive ketones (excluding diaryl/α,β-unsaturated/α-hetero) is 1. The topological polar surface area (TPSA) is 89.0 Å². The van der Waals surface area contributed by atoms with Crippen LogP contribution in [0.1, 0.15) is 11.1 Å². The molecule has 1 aliphatic heterocycles. The van der Waals surface area contributed by atoms with Crippen molar-refractivity contribution >= 4 is 38.9 Å². The van der Waals surface area contributed by atoms with Crippen molar-refractivity contribution in [3.63, 3.8) is 0 Å². The van der Waals surface area contributed by atoms with Crippen LogP contribution in [0.15, 0.2) is 47.4 Å². The van der Waals surface area contributed by atoms with Gasteiger partial charge in [-0.25, -0.2) is 22.1 Å². The number of aromatic nitrogens is 1. The third-order valence-electron chi connectivity index (χ3n) is 5.72. The maximum absolute atomic E-state index is 15.6. The average Bonchev–Trinajstić information content (AvgIpc) is 2.82. The monoisotopic (exact) mass is 537 g/mol. The van der Waals surface area contributed by atoms with Crippen molar-refractivity contribution in [1.82, 2.24) is 4.98 Å². The first kappa shape index (κ1) is 25.6. The lowest BCUT2D eigenvalue weighted by molar-refractivity contribution is -0.119. The van der Waals surface area contributed by atoms with Crippen LogP contribution in [0, 0.1) is 18.7 Å². The summed E-state index contributed by atoms with van der Waals surface area (Å²) >= 11 is 6.23. The second-order valence-electron chi connectivity index (χ2n) is 8.07. The van der Waals surface area contributed by atoms with Gasteiger partial charge >= 0.3 is 0 Å². The summed E-state index contributed by atoms with van der Waals surface area (Å²) in [4.78, 5) is 16.0. The Labute approximate surface area is 212 Å². The number of aryl methyl sites for hydroxylation is 1. The zero-order valence-corrected chi connectivity index (χ0v) is 21.2. The maximum atomic E-state index is 15.6. The molecular weight excluding hydrogens is 516 g/mol. The fourth-order valence-electron chi connectivity index (χ4n) is 3.89. The Balaban J connectivity index is 1.85. The lowest BCUT2D eigenvalue weighted by atomic mass is 10.1. The van der Waals surface area contributed by atoms with Crippen LogP contribution in [0.3, 0.4) is 0 Å². The Hall–Kier alpha value is -3.44. The number of carbonyl (C=O) groups is 1. The van der Waals surface area contributed by atoms with E-state index >= 15 is 4.39 Å². The summed E-state index contributed by atoms with van der Waals surface area (Å²) in [6.45, 7) is 1.18. The lowest BCUT2D eigenvalue weighted by Gasteiger charge is -2.33. The summed E-state index contributed by atoms with van der Waals surface area (Å²) in [7, 11) is -1.79. The number of carbonyl (C=O) groups excluding carboxylic acids is 1. The molecule has 12 heteroatoms. The molecule has 0 spiro atoms. The second kappa shape index (κ2) is 9.90. The van der Waals surface area contributed by atoms with Gasteiger partial charge in [-0.2, -0.15) is 4.39 Å². The van der Waals surface area contributed by atoms with E-state index in [-0.39, 0.29) is 42.5 Å². The molecule has 0 unspecified atom stereocenters. The summed E-state index contributed by atoms with van der Waals surface area (Å²) in [5.41, 5.74) is 0.680.